The fourth-order valence-corrected chi connectivity index (χ4v) is 3.58. The summed E-state index contributed by atoms with van der Waals surface area (Å²) < 4.78 is 30.9. The molecular formula is C21H22N2O4S. The smallest absolute Gasteiger partial charge is 0.251 e. The molecule has 6 nitrogen and oxygen atoms in total. The lowest BCUT2D eigenvalue weighted by Crippen LogP contribution is -2.28. The van der Waals surface area contributed by atoms with Crippen LogP contribution < -0.4 is 10.1 Å². The molecule has 1 N–H and O–H groups in total. The Bertz CT molecular complexity index is 1080. The summed E-state index contributed by atoms with van der Waals surface area (Å²) in [5.41, 5.74) is 0.392. The van der Waals surface area contributed by atoms with E-state index in [4.69, 9.17) is 4.74 Å². The molecule has 0 aromatic heterocycles. The molecule has 7 heteroatoms. The van der Waals surface area contributed by atoms with E-state index in [9.17, 15) is 13.2 Å². The first kappa shape index (κ1) is 19.9. The van der Waals surface area contributed by atoms with Crippen LogP contribution in [0.15, 0.2) is 71.6 Å². The number of carbonyl (C=O) groups excluding carboxylic acids is 1. The molecule has 146 valence electrons. The molecule has 3 rings (SSSR count). The van der Waals surface area contributed by atoms with Gasteiger partial charge in [0.1, 0.15) is 12.4 Å². The van der Waals surface area contributed by atoms with Gasteiger partial charge < -0.3 is 10.1 Å². The number of rotatable bonds is 7. The maximum atomic E-state index is 12.2. The van der Waals surface area contributed by atoms with Gasteiger partial charge >= 0.3 is 0 Å². The molecule has 0 aliphatic carbocycles. The quantitative estimate of drug-likeness (QED) is 0.621. The predicted molar refractivity (Wildman–Crippen MR) is 109 cm³/mol. The van der Waals surface area contributed by atoms with Gasteiger partial charge in [-0.15, -0.1) is 0 Å². The van der Waals surface area contributed by atoms with Crippen LogP contribution in [0.4, 0.5) is 0 Å². The van der Waals surface area contributed by atoms with Gasteiger partial charge in [-0.2, -0.15) is 0 Å². The highest BCUT2D eigenvalue weighted by atomic mass is 32.2. The van der Waals surface area contributed by atoms with E-state index >= 15 is 0 Å². The molecular weight excluding hydrogens is 376 g/mol. The largest absolute Gasteiger partial charge is 0.492 e. The summed E-state index contributed by atoms with van der Waals surface area (Å²) >= 11 is 0. The van der Waals surface area contributed by atoms with Crippen LogP contribution in [-0.2, 0) is 10.0 Å². The summed E-state index contributed by atoms with van der Waals surface area (Å²) in [6.07, 6.45) is 0. The van der Waals surface area contributed by atoms with Crippen LogP contribution in [0.3, 0.4) is 0 Å². The van der Waals surface area contributed by atoms with Crippen molar-refractivity contribution in [2.24, 2.45) is 0 Å². The molecule has 28 heavy (non-hydrogen) atoms. The maximum absolute atomic E-state index is 12.2. The Morgan fingerprint density at radius 3 is 2.32 bits per heavy atom. The number of benzene rings is 3. The summed E-state index contributed by atoms with van der Waals surface area (Å²) in [5, 5.41) is 5.00. The van der Waals surface area contributed by atoms with Crippen LogP contribution in [0.25, 0.3) is 10.8 Å². The Balaban J connectivity index is 1.52. The number of fused-ring (bicyclic) bond motifs is 1. The highest BCUT2D eigenvalue weighted by Gasteiger charge is 2.17. The third-order valence-corrected chi connectivity index (χ3v) is 6.10. The second-order valence-corrected chi connectivity index (χ2v) is 8.58. The lowest BCUT2D eigenvalue weighted by molar-refractivity contribution is 0.0947. The van der Waals surface area contributed by atoms with Gasteiger partial charge in [-0.1, -0.05) is 30.3 Å². The minimum absolute atomic E-state index is 0.147. The molecule has 0 unspecified atom stereocenters. The number of amides is 1. The zero-order chi connectivity index (χ0) is 20.1. The molecule has 0 saturated carbocycles. The van der Waals surface area contributed by atoms with Crippen molar-refractivity contribution in [1.29, 1.82) is 0 Å². The lowest BCUT2D eigenvalue weighted by atomic mass is 10.1. The summed E-state index contributed by atoms with van der Waals surface area (Å²) in [6.45, 7) is 0.667. The predicted octanol–water partition coefficient (Wildman–Crippen LogP) is 2.90. The number of carbonyl (C=O) groups is 1. The Morgan fingerprint density at radius 1 is 0.964 bits per heavy atom. The molecule has 0 aliphatic rings. The minimum atomic E-state index is -3.50. The molecule has 0 atom stereocenters. The second-order valence-electron chi connectivity index (χ2n) is 6.43. The Hall–Kier alpha value is -2.90. The maximum Gasteiger partial charge on any atom is 0.251 e. The molecule has 0 bridgehead atoms. The standard InChI is InChI=1S/C21H22N2O4S/c1-23(2)28(25,26)20-11-8-17(9-12-20)21(24)22-13-14-27-19-10-7-16-5-3-4-6-18(16)15-19/h3-12,15H,13-14H2,1-2H3,(H,22,24). The van der Waals surface area contributed by atoms with E-state index in [-0.39, 0.29) is 10.8 Å². The van der Waals surface area contributed by atoms with E-state index in [1.165, 1.54) is 38.4 Å². The molecule has 0 aliphatic heterocycles. The van der Waals surface area contributed by atoms with E-state index in [1.807, 2.05) is 42.5 Å². The van der Waals surface area contributed by atoms with Gasteiger partial charge in [0.05, 0.1) is 11.4 Å². The summed E-state index contributed by atoms with van der Waals surface area (Å²) in [5.74, 6) is 0.460. The molecule has 0 saturated heterocycles. The SMILES string of the molecule is CN(C)S(=O)(=O)c1ccc(C(=O)NCCOc2ccc3ccccc3c2)cc1. The fraction of sp³-hybridized carbons (Fsp3) is 0.190. The van der Waals surface area contributed by atoms with Crippen LogP contribution in [0.5, 0.6) is 5.75 Å². The van der Waals surface area contributed by atoms with Crippen LogP contribution in [-0.4, -0.2) is 45.9 Å². The van der Waals surface area contributed by atoms with Gasteiger partial charge in [0.15, 0.2) is 0 Å². The number of hydrogen-bond donors (Lipinski definition) is 1. The van der Waals surface area contributed by atoms with E-state index in [0.717, 1.165) is 20.8 Å². The highest BCUT2D eigenvalue weighted by Crippen LogP contribution is 2.20. The van der Waals surface area contributed by atoms with E-state index < -0.39 is 10.0 Å². The normalized spacial score (nSPS) is 11.5. The molecule has 3 aromatic carbocycles. The zero-order valence-corrected chi connectivity index (χ0v) is 16.6. The van der Waals surface area contributed by atoms with E-state index in [1.54, 1.807) is 0 Å². The van der Waals surface area contributed by atoms with Crippen molar-refractivity contribution < 1.29 is 17.9 Å². The van der Waals surface area contributed by atoms with Crippen molar-refractivity contribution in [3.8, 4) is 5.75 Å². The average molecular weight is 398 g/mol. The Labute approximate surface area is 164 Å². The van der Waals surface area contributed by atoms with Crippen molar-refractivity contribution in [3.05, 3.63) is 72.3 Å². The van der Waals surface area contributed by atoms with Crippen LogP contribution >= 0.6 is 0 Å². The first-order valence-electron chi connectivity index (χ1n) is 8.80. The number of nitrogens with one attached hydrogen (secondary N) is 1. The van der Waals surface area contributed by atoms with Crippen LogP contribution in [0, 0.1) is 0 Å². The van der Waals surface area contributed by atoms with Crippen LogP contribution in [0.1, 0.15) is 10.4 Å². The fourth-order valence-electron chi connectivity index (χ4n) is 2.68. The molecule has 0 fully saturated rings. The van der Waals surface area contributed by atoms with Gasteiger partial charge in [0.2, 0.25) is 10.0 Å². The van der Waals surface area contributed by atoms with Gasteiger partial charge in [-0.05, 0) is 47.2 Å². The third kappa shape index (κ3) is 4.49. The Kier molecular flexibility index (Phi) is 5.96. The van der Waals surface area contributed by atoms with Gasteiger partial charge in [-0.3, -0.25) is 4.79 Å². The highest BCUT2D eigenvalue weighted by molar-refractivity contribution is 7.89. The third-order valence-electron chi connectivity index (χ3n) is 4.27. The van der Waals surface area contributed by atoms with Crippen molar-refractivity contribution in [2.75, 3.05) is 27.2 Å². The summed E-state index contributed by atoms with van der Waals surface area (Å²) in [7, 11) is -0.577. The zero-order valence-electron chi connectivity index (χ0n) is 15.8. The second kappa shape index (κ2) is 8.41. The van der Waals surface area contributed by atoms with Gasteiger partial charge in [-0.25, -0.2) is 12.7 Å². The topological polar surface area (TPSA) is 75.7 Å². The molecule has 3 aromatic rings. The first-order valence-corrected chi connectivity index (χ1v) is 10.2. The Morgan fingerprint density at radius 2 is 1.64 bits per heavy atom. The van der Waals surface area contributed by atoms with Crippen molar-refractivity contribution in [3.63, 3.8) is 0 Å². The van der Waals surface area contributed by atoms with Crippen molar-refractivity contribution in [2.45, 2.75) is 4.90 Å². The first-order chi connectivity index (χ1) is 13.4. The summed E-state index contributed by atoms with van der Waals surface area (Å²) in [6, 6.07) is 19.7. The van der Waals surface area contributed by atoms with E-state index in [0.29, 0.717) is 18.7 Å². The number of ether oxygens (including phenoxy) is 1. The number of hydrogen-bond acceptors (Lipinski definition) is 4. The van der Waals surface area contributed by atoms with Gasteiger partial charge in [0.25, 0.3) is 5.91 Å². The number of sulfonamides is 1. The van der Waals surface area contributed by atoms with E-state index in [2.05, 4.69) is 5.32 Å². The van der Waals surface area contributed by atoms with Crippen molar-refractivity contribution in [1.82, 2.24) is 9.62 Å². The van der Waals surface area contributed by atoms with Gasteiger partial charge in [0, 0.05) is 19.7 Å². The minimum Gasteiger partial charge on any atom is -0.492 e. The average Bonchev–Trinajstić information content (AvgIpc) is 2.71. The molecule has 0 radical (unpaired) electrons. The number of nitrogens with zero attached hydrogens (tertiary/aromatic N) is 1. The molecule has 0 heterocycles. The molecule has 1 amide bonds. The van der Waals surface area contributed by atoms with Crippen molar-refractivity contribution >= 4 is 26.7 Å². The summed E-state index contributed by atoms with van der Waals surface area (Å²) in [4.78, 5) is 12.3. The lowest BCUT2D eigenvalue weighted by Gasteiger charge is -2.12. The monoisotopic (exact) mass is 398 g/mol. The molecule has 0 spiro atoms. The van der Waals surface area contributed by atoms with Crippen LogP contribution in [0.2, 0.25) is 0 Å².